The molecule has 1 aliphatic carbocycles. The van der Waals surface area contributed by atoms with Crippen LogP contribution in [0.3, 0.4) is 0 Å². The van der Waals surface area contributed by atoms with Crippen LogP contribution >= 0.6 is 0 Å². The van der Waals surface area contributed by atoms with Gasteiger partial charge in [0.05, 0.1) is 14.2 Å². The van der Waals surface area contributed by atoms with Gasteiger partial charge < -0.3 is 15.2 Å². The van der Waals surface area contributed by atoms with E-state index in [1.165, 1.54) is 32.1 Å². The molecule has 1 aliphatic rings. The van der Waals surface area contributed by atoms with Crippen LogP contribution in [-0.2, 0) is 0 Å². The number of methoxy groups -OCH3 is 2. The highest BCUT2D eigenvalue weighted by molar-refractivity contribution is 5.42. The predicted molar refractivity (Wildman–Crippen MR) is 73.0 cm³/mol. The van der Waals surface area contributed by atoms with Crippen LogP contribution in [-0.4, -0.2) is 14.2 Å². The smallest absolute Gasteiger partial charge is 0.123 e. The number of benzene rings is 1. The lowest BCUT2D eigenvalue weighted by Gasteiger charge is -2.28. The van der Waals surface area contributed by atoms with Gasteiger partial charge in [-0.05, 0) is 37.0 Å². The van der Waals surface area contributed by atoms with Gasteiger partial charge in [0, 0.05) is 11.6 Å². The summed E-state index contributed by atoms with van der Waals surface area (Å²) in [7, 11) is 3.37. The van der Waals surface area contributed by atoms with E-state index in [0.717, 1.165) is 17.1 Å². The van der Waals surface area contributed by atoms with Crippen LogP contribution in [0.25, 0.3) is 0 Å². The Balaban J connectivity index is 2.23. The van der Waals surface area contributed by atoms with Gasteiger partial charge in [0.25, 0.3) is 0 Å². The topological polar surface area (TPSA) is 44.5 Å². The molecule has 1 aromatic carbocycles. The lowest BCUT2D eigenvalue weighted by Crippen LogP contribution is -2.24. The van der Waals surface area contributed by atoms with Gasteiger partial charge in [-0.2, -0.15) is 0 Å². The molecule has 1 unspecified atom stereocenters. The van der Waals surface area contributed by atoms with E-state index < -0.39 is 0 Å². The van der Waals surface area contributed by atoms with Crippen molar-refractivity contribution in [3.8, 4) is 11.5 Å². The molecule has 1 aromatic rings. The van der Waals surface area contributed by atoms with E-state index in [0.29, 0.717) is 5.92 Å². The summed E-state index contributed by atoms with van der Waals surface area (Å²) in [6.45, 7) is 0. The zero-order valence-corrected chi connectivity index (χ0v) is 11.3. The number of hydrogen-bond donors (Lipinski definition) is 1. The molecule has 0 saturated heterocycles. The van der Waals surface area contributed by atoms with Crippen molar-refractivity contribution < 1.29 is 9.47 Å². The monoisotopic (exact) mass is 249 g/mol. The summed E-state index contributed by atoms with van der Waals surface area (Å²) in [6.07, 6.45) is 6.39. The van der Waals surface area contributed by atoms with E-state index in [-0.39, 0.29) is 6.04 Å². The summed E-state index contributed by atoms with van der Waals surface area (Å²) in [5, 5.41) is 0. The largest absolute Gasteiger partial charge is 0.497 e. The van der Waals surface area contributed by atoms with Crippen molar-refractivity contribution in [3.63, 3.8) is 0 Å². The summed E-state index contributed by atoms with van der Waals surface area (Å²) in [6, 6.07) is 5.92. The first kappa shape index (κ1) is 13.2. The van der Waals surface area contributed by atoms with Gasteiger partial charge in [0.15, 0.2) is 0 Å². The molecule has 2 N–H and O–H groups in total. The Kier molecular flexibility index (Phi) is 4.48. The summed E-state index contributed by atoms with van der Waals surface area (Å²) >= 11 is 0. The molecular formula is C15H23NO2. The lowest BCUT2D eigenvalue weighted by molar-refractivity contribution is 0.300. The second-order valence-corrected chi connectivity index (χ2v) is 5.03. The Labute approximate surface area is 109 Å². The summed E-state index contributed by atoms with van der Waals surface area (Å²) in [4.78, 5) is 0. The van der Waals surface area contributed by atoms with E-state index in [4.69, 9.17) is 15.2 Å². The molecule has 3 nitrogen and oxygen atoms in total. The third-order valence-electron chi connectivity index (χ3n) is 3.95. The minimum Gasteiger partial charge on any atom is -0.497 e. The van der Waals surface area contributed by atoms with Crippen LogP contribution in [0.4, 0.5) is 0 Å². The van der Waals surface area contributed by atoms with E-state index >= 15 is 0 Å². The molecule has 0 aromatic heterocycles. The molecule has 0 amide bonds. The van der Waals surface area contributed by atoms with E-state index in [9.17, 15) is 0 Å². The zero-order chi connectivity index (χ0) is 13.0. The SMILES string of the molecule is COc1ccc(OC)c(C(N)C2CCCCC2)c1. The van der Waals surface area contributed by atoms with E-state index in [1.54, 1.807) is 14.2 Å². The van der Waals surface area contributed by atoms with Crippen LogP contribution < -0.4 is 15.2 Å². The Morgan fingerprint density at radius 1 is 1.11 bits per heavy atom. The van der Waals surface area contributed by atoms with Gasteiger partial charge >= 0.3 is 0 Å². The maximum absolute atomic E-state index is 6.43. The van der Waals surface area contributed by atoms with Crippen molar-refractivity contribution in [2.24, 2.45) is 11.7 Å². The summed E-state index contributed by atoms with van der Waals surface area (Å²) < 4.78 is 10.7. The number of hydrogen-bond acceptors (Lipinski definition) is 3. The van der Waals surface area contributed by atoms with Crippen molar-refractivity contribution in [2.45, 2.75) is 38.1 Å². The van der Waals surface area contributed by atoms with Gasteiger partial charge in [0.1, 0.15) is 11.5 Å². The third kappa shape index (κ3) is 2.78. The maximum Gasteiger partial charge on any atom is 0.123 e. The van der Waals surface area contributed by atoms with Gasteiger partial charge in [-0.3, -0.25) is 0 Å². The second-order valence-electron chi connectivity index (χ2n) is 5.03. The van der Waals surface area contributed by atoms with Gasteiger partial charge in [-0.15, -0.1) is 0 Å². The lowest BCUT2D eigenvalue weighted by atomic mass is 9.81. The molecule has 1 fully saturated rings. The van der Waals surface area contributed by atoms with Crippen LogP contribution in [0.5, 0.6) is 11.5 Å². The fourth-order valence-electron chi connectivity index (χ4n) is 2.85. The average Bonchev–Trinajstić information content (AvgIpc) is 2.46. The molecule has 18 heavy (non-hydrogen) atoms. The Bertz CT molecular complexity index is 386. The molecule has 0 heterocycles. The van der Waals surface area contributed by atoms with Crippen molar-refractivity contribution in [2.75, 3.05) is 14.2 Å². The quantitative estimate of drug-likeness (QED) is 0.890. The zero-order valence-electron chi connectivity index (χ0n) is 11.3. The van der Waals surface area contributed by atoms with Crippen molar-refractivity contribution >= 4 is 0 Å². The van der Waals surface area contributed by atoms with Gasteiger partial charge in [0.2, 0.25) is 0 Å². The molecule has 3 heteroatoms. The molecule has 2 rings (SSSR count). The van der Waals surface area contributed by atoms with E-state index in [1.807, 2.05) is 18.2 Å². The summed E-state index contributed by atoms with van der Waals surface area (Å²) in [5.41, 5.74) is 7.51. The van der Waals surface area contributed by atoms with Crippen molar-refractivity contribution in [3.05, 3.63) is 23.8 Å². The molecule has 0 radical (unpaired) electrons. The minimum atomic E-state index is 0.0512. The Morgan fingerprint density at radius 2 is 1.83 bits per heavy atom. The maximum atomic E-state index is 6.43. The van der Waals surface area contributed by atoms with Gasteiger partial charge in [-0.25, -0.2) is 0 Å². The molecule has 1 saturated carbocycles. The molecule has 1 atom stereocenters. The highest BCUT2D eigenvalue weighted by Crippen LogP contribution is 2.37. The first-order chi connectivity index (χ1) is 8.76. The van der Waals surface area contributed by atoms with Crippen molar-refractivity contribution in [1.82, 2.24) is 0 Å². The van der Waals surface area contributed by atoms with Crippen LogP contribution in [0, 0.1) is 5.92 Å². The first-order valence-corrected chi connectivity index (χ1v) is 6.73. The molecule has 0 spiro atoms. The first-order valence-electron chi connectivity index (χ1n) is 6.73. The summed E-state index contributed by atoms with van der Waals surface area (Å²) in [5.74, 6) is 2.28. The highest BCUT2D eigenvalue weighted by atomic mass is 16.5. The van der Waals surface area contributed by atoms with Crippen LogP contribution in [0.2, 0.25) is 0 Å². The normalized spacial score (nSPS) is 18.4. The predicted octanol–water partition coefficient (Wildman–Crippen LogP) is 3.28. The molecule has 100 valence electrons. The highest BCUT2D eigenvalue weighted by Gasteiger charge is 2.24. The van der Waals surface area contributed by atoms with Crippen LogP contribution in [0.1, 0.15) is 43.7 Å². The third-order valence-corrected chi connectivity index (χ3v) is 3.95. The van der Waals surface area contributed by atoms with E-state index in [2.05, 4.69) is 0 Å². The standard InChI is InChI=1S/C15H23NO2/c1-17-12-8-9-14(18-2)13(10-12)15(16)11-6-4-3-5-7-11/h8-11,15H,3-7,16H2,1-2H3. The number of ether oxygens (including phenoxy) is 2. The Hall–Kier alpha value is -1.22. The van der Waals surface area contributed by atoms with Crippen LogP contribution in [0.15, 0.2) is 18.2 Å². The molecule has 0 aliphatic heterocycles. The molecule has 0 bridgehead atoms. The molecular weight excluding hydrogens is 226 g/mol. The number of nitrogens with two attached hydrogens (primary N) is 1. The average molecular weight is 249 g/mol. The van der Waals surface area contributed by atoms with Crippen molar-refractivity contribution in [1.29, 1.82) is 0 Å². The minimum absolute atomic E-state index is 0.0512. The Morgan fingerprint density at radius 3 is 2.44 bits per heavy atom. The fourth-order valence-corrected chi connectivity index (χ4v) is 2.85. The second kappa shape index (κ2) is 6.10. The van der Waals surface area contributed by atoms with Gasteiger partial charge in [-0.1, -0.05) is 19.3 Å². The number of rotatable bonds is 4. The fraction of sp³-hybridized carbons (Fsp3) is 0.600.